The maximum Gasteiger partial charge on any atom is 0.213 e. The zero-order valence-electron chi connectivity index (χ0n) is 6.15. The van der Waals surface area contributed by atoms with Crippen molar-refractivity contribution in [2.75, 3.05) is 0 Å². The van der Waals surface area contributed by atoms with Gasteiger partial charge in [-0.05, 0) is 12.1 Å². The van der Waals surface area contributed by atoms with Gasteiger partial charge in [0.15, 0.2) is 5.75 Å². The predicted octanol–water partition coefficient (Wildman–Crippen LogP) is 0.0847. The summed E-state index contributed by atoms with van der Waals surface area (Å²) in [5.74, 6) is 0.0876. The van der Waals surface area contributed by atoms with Crippen LogP contribution in [0, 0.1) is 0 Å². The average Bonchev–Trinajstić information content (AvgIpc) is 2.12. The van der Waals surface area contributed by atoms with Crippen molar-refractivity contribution in [3.8, 4) is 5.75 Å². The molecule has 12 heavy (non-hydrogen) atoms. The molecule has 1 atom stereocenters. The molecular weight excluding hydrogens is 158 g/mol. The van der Waals surface area contributed by atoms with Crippen LogP contribution in [0.2, 0.25) is 0 Å². The van der Waals surface area contributed by atoms with Crippen molar-refractivity contribution in [1.82, 2.24) is 5.48 Å². The minimum Gasteiger partial charge on any atom is -0.405 e. The molecule has 1 heterocycles. The molecule has 0 aromatic heterocycles. The van der Waals surface area contributed by atoms with Gasteiger partial charge in [0.1, 0.15) is 0 Å². The Balaban J connectivity index is 2.49. The summed E-state index contributed by atoms with van der Waals surface area (Å²) >= 11 is 0. The van der Waals surface area contributed by atoms with Gasteiger partial charge in [0, 0.05) is 0 Å². The van der Waals surface area contributed by atoms with Crippen molar-refractivity contribution >= 4 is 5.78 Å². The molecule has 2 N–H and O–H groups in total. The number of ketones is 1. The van der Waals surface area contributed by atoms with Gasteiger partial charge in [-0.25, -0.2) is 0 Å². The third-order valence-electron chi connectivity index (χ3n) is 1.68. The smallest absolute Gasteiger partial charge is 0.213 e. The maximum absolute atomic E-state index is 11.2. The summed E-state index contributed by atoms with van der Waals surface area (Å²) in [5.41, 5.74) is 2.60. The van der Waals surface area contributed by atoms with E-state index in [2.05, 4.69) is 5.48 Å². The minimum atomic E-state index is -1.25. The van der Waals surface area contributed by atoms with Crippen molar-refractivity contribution in [3.63, 3.8) is 0 Å². The number of aliphatic hydroxyl groups excluding tert-OH is 1. The summed E-state index contributed by atoms with van der Waals surface area (Å²) < 4.78 is 0. The van der Waals surface area contributed by atoms with Gasteiger partial charge in [-0.2, -0.15) is 0 Å². The molecule has 0 fully saturated rings. The van der Waals surface area contributed by atoms with E-state index >= 15 is 0 Å². The lowest BCUT2D eigenvalue weighted by Gasteiger charge is -2.20. The molecule has 0 saturated carbocycles. The molecule has 1 aliphatic rings. The molecule has 0 spiro atoms. The molecule has 4 heteroatoms. The van der Waals surface area contributed by atoms with Crippen LogP contribution in [0.25, 0.3) is 0 Å². The Morgan fingerprint density at radius 2 is 2.17 bits per heavy atom. The van der Waals surface area contributed by atoms with Crippen LogP contribution in [0.3, 0.4) is 0 Å². The summed E-state index contributed by atoms with van der Waals surface area (Å²) in [6, 6.07) is 6.75. The number of rotatable bonds is 0. The second-order valence-corrected chi connectivity index (χ2v) is 2.48. The number of hydroxylamine groups is 1. The van der Waals surface area contributed by atoms with Crippen molar-refractivity contribution in [2.45, 2.75) is 6.23 Å². The third-order valence-corrected chi connectivity index (χ3v) is 1.68. The highest BCUT2D eigenvalue weighted by Crippen LogP contribution is 2.21. The highest BCUT2D eigenvalue weighted by atomic mass is 16.7. The van der Waals surface area contributed by atoms with Gasteiger partial charge in [0.25, 0.3) is 0 Å². The van der Waals surface area contributed by atoms with E-state index < -0.39 is 6.23 Å². The Bertz CT molecular complexity index is 324. The third kappa shape index (κ3) is 0.975. The molecule has 4 nitrogen and oxygen atoms in total. The van der Waals surface area contributed by atoms with Gasteiger partial charge in [0.2, 0.25) is 12.0 Å². The van der Waals surface area contributed by atoms with Gasteiger partial charge in [0.05, 0.1) is 5.56 Å². The first-order chi connectivity index (χ1) is 5.79. The number of hydrogen-bond acceptors (Lipinski definition) is 4. The number of carbonyl (C=O) groups is 1. The van der Waals surface area contributed by atoms with Crippen LogP contribution in [-0.2, 0) is 0 Å². The highest BCUT2D eigenvalue weighted by Gasteiger charge is 2.25. The lowest BCUT2D eigenvalue weighted by molar-refractivity contribution is 0.0117. The fourth-order valence-electron chi connectivity index (χ4n) is 1.08. The van der Waals surface area contributed by atoms with Gasteiger partial charge in [-0.3, -0.25) is 4.79 Å². The summed E-state index contributed by atoms with van der Waals surface area (Å²) in [5, 5.41) is 9.04. The molecule has 0 bridgehead atoms. The number of para-hydroxylation sites is 1. The Hall–Kier alpha value is -1.39. The fourth-order valence-corrected chi connectivity index (χ4v) is 1.08. The Morgan fingerprint density at radius 3 is 3.00 bits per heavy atom. The van der Waals surface area contributed by atoms with Gasteiger partial charge in [-0.1, -0.05) is 12.1 Å². The van der Waals surface area contributed by atoms with E-state index in [9.17, 15) is 4.79 Å². The predicted molar refractivity (Wildman–Crippen MR) is 40.5 cm³/mol. The SMILES string of the molecule is O=C1c2ccccc2ONC1O. The Morgan fingerprint density at radius 1 is 1.42 bits per heavy atom. The first-order valence-electron chi connectivity index (χ1n) is 3.53. The normalized spacial score (nSPS) is 21.4. The van der Waals surface area contributed by atoms with Crippen LogP contribution in [0.1, 0.15) is 10.4 Å². The lowest BCUT2D eigenvalue weighted by atomic mass is 10.1. The minimum absolute atomic E-state index is 0.364. The van der Waals surface area contributed by atoms with E-state index in [0.717, 1.165) is 0 Å². The Kier molecular flexibility index (Phi) is 1.56. The summed E-state index contributed by atoms with van der Waals surface area (Å²) in [4.78, 5) is 16.1. The zero-order valence-corrected chi connectivity index (χ0v) is 6.15. The van der Waals surface area contributed by atoms with Crippen molar-refractivity contribution < 1.29 is 14.7 Å². The number of fused-ring (bicyclic) bond motifs is 1. The standard InChI is InChI=1S/C8H7NO3/c10-7-5-3-1-2-4-6(5)12-9-8(7)11/h1-4,8-9,11H. The van der Waals surface area contributed by atoms with Crippen molar-refractivity contribution in [2.24, 2.45) is 0 Å². The fraction of sp³-hybridized carbons (Fsp3) is 0.125. The summed E-state index contributed by atoms with van der Waals surface area (Å²) in [6.07, 6.45) is -1.25. The second-order valence-electron chi connectivity index (χ2n) is 2.48. The Labute approximate surface area is 68.7 Å². The zero-order chi connectivity index (χ0) is 8.55. The molecule has 1 unspecified atom stereocenters. The molecule has 2 rings (SSSR count). The second kappa shape index (κ2) is 2.58. The number of carbonyl (C=O) groups excluding carboxylic acids is 1. The van der Waals surface area contributed by atoms with Crippen LogP contribution in [0.4, 0.5) is 0 Å². The number of benzene rings is 1. The van der Waals surface area contributed by atoms with Gasteiger partial charge < -0.3 is 9.94 Å². The molecule has 1 aliphatic heterocycles. The number of aliphatic hydroxyl groups is 1. The first-order valence-corrected chi connectivity index (χ1v) is 3.53. The van der Waals surface area contributed by atoms with Gasteiger partial charge in [-0.15, -0.1) is 5.48 Å². The summed E-state index contributed by atoms with van der Waals surface area (Å²) in [7, 11) is 0. The molecule has 0 aliphatic carbocycles. The van der Waals surface area contributed by atoms with E-state index in [1.54, 1.807) is 24.3 Å². The average molecular weight is 165 g/mol. The van der Waals surface area contributed by atoms with E-state index in [-0.39, 0.29) is 5.78 Å². The maximum atomic E-state index is 11.2. The molecule has 1 aromatic carbocycles. The monoisotopic (exact) mass is 165 g/mol. The van der Waals surface area contributed by atoms with Crippen LogP contribution in [0.15, 0.2) is 24.3 Å². The number of hydrogen-bond donors (Lipinski definition) is 2. The molecule has 0 radical (unpaired) electrons. The molecule has 0 saturated heterocycles. The van der Waals surface area contributed by atoms with Crippen LogP contribution in [0.5, 0.6) is 5.75 Å². The lowest BCUT2D eigenvalue weighted by Crippen LogP contribution is -2.42. The number of Topliss-reactive ketones (excluding diaryl/α,β-unsaturated/α-hetero) is 1. The van der Waals surface area contributed by atoms with Crippen LogP contribution in [-0.4, -0.2) is 17.1 Å². The topological polar surface area (TPSA) is 58.6 Å². The van der Waals surface area contributed by atoms with Gasteiger partial charge >= 0.3 is 0 Å². The van der Waals surface area contributed by atoms with Crippen molar-refractivity contribution in [1.29, 1.82) is 0 Å². The largest absolute Gasteiger partial charge is 0.405 e. The van der Waals surface area contributed by atoms with Crippen LogP contribution < -0.4 is 10.3 Å². The molecule has 0 amide bonds. The molecule has 1 aromatic rings. The van der Waals surface area contributed by atoms with E-state index in [1.165, 1.54) is 0 Å². The van der Waals surface area contributed by atoms with Crippen LogP contribution >= 0.6 is 0 Å². The number of nitrogens with one attached hydrogen (secondary N) is 1. The molecular formula is C8H7NO3. The molecule has 62 valence electrons. The van der Waals surface area contributed by atoms with E-state index in [0.29, 0.717) is 11.3 Å². The van der Waals surface area contributed by atoms with E-state index in [4.69, 9.17) is 9.94 Å². The van der Waals surface area contributed by atoms with Crippen molar-refractivity contribution in [3.05, 3.63) is 29.8 Å². The quantitative estimate of drug-likeness (QED) is 0.571. The first kappa shape index (κ1) is 7.27. The van der Waals surface area contributed by atoms with E-state index in [1.807, 2.05) is 0 Å². The highest BCUT2D eigenvalue weighted by molar-refractivity contribution is 6.02. The summed E-state index contributed by atoms with van der Waals surface area (Å²) in [6.45, 7) is 0.